The lowest BCUT2D eigenvalue weighted by Crippen LogP contribution is -2.29. The summed E-state index contributed by atoms with van der Waals surface area (Å²) in [5.41, 5.74) is 3.50. The lowest BCUT2D eigenvalue weighted by Gasteiger charge is -2.28. The van der Waals surface area contributed by atoms with Gasteiger partial charge >= 0.3 is 0 Å². The van der Waals surface area contributed by atoms with Gasteiger partial charge in [-0.05, 0) is 73.9 Å². The number of ether oxygens (including phenoxy) is 1. The van der Waals surface area contributed by atoms with Crippen molar-refractivity contribution in [2.75, 3.05) is 24.6 Å². The van der Waals surface area contributed by atoms with E-state index < -0.39 is 0 Å². The van der Waals surface area contributed by atoms with Crippen LogP contribution in [0, 0.1) is 28.1 Å². The summed E-state index contributed by atoms with van der Waals surface area (Å²) in [7, 11) is 0. The molecule has 1 spiro atoms. The molecule has 0 N–H and O–H groups in total. The molecular formula is C26H29N3O. The molecule has 0 aromatic heterocycles. The highest BCUT2D eigenvalue weighted by molar-refractivity contribution is 5.58. The third-order valence-electron chi connectivity index (χ3n) is 6.69. The maximum absolute atomic E-state index is 9.41. The lowest BCUT2D eigenvalue weighted by atomic mass is 9.80. The highest BCUT2D eigenvalue weighted by atomic mass is 16.5. The van der Waals surface area contributed by atoms with Crippen LogP contribution in [0.5, 0.6) is 0 Å². The lowest BCUT2D eigenvalue weighted by molar-refractivity contribution is 0.106. The fourth-order valence-electron chi connectivity index (χ4n) is 4.95. The van der Waals surface area contributed by atoms with E-state index in [9.17, 15) is 10.5 Å². The Labute approximate surface area is 179 Å². The summed E-state index contributed by atoms with van der Waals surface area (Å²) in [6.45, 7) is 2.95. The number of nitrogens with zero attached hydrogens (tertiary/aromatic N) is 3. The first-order chi connectivity index (χ1) is 14.7. The van der Waals surface area contributed by atoms with E-state index in [1.54, 1.807) is 0 Å². The molecular weight excluding hydrogens is 370 g/mol. The molecule has 3 aliphatic rings. The number of rotatable bonds is 3. The summed E-state index contributed by atoms with van der Waals surface area (Å²) in [6, 6.07) is 12.8. The zero-order valence-corrected chi connectivity index (χ0v) is 17.6. The molecule has 1 saturated carbocycles. The van der Waals surface area contributed by atoms with E-state index in [4.69, 9.17) is 4.74 Å². The second-order valence-corrected chi connectivity index (χ2v) is 8.82. The van der Waals surface area contributed by atoms with Gasteiger partial charge in [-0.3, -0.25) is 0 Å². The van der Waals surface area contributed by atoms with Crippen LogP contribution in [0.1, 0.15) is 56.9 Å². The van der Waals surface area contributed by atoms with Crippen LogP contribution < -0.4 is 4.90 Å². The monoisotopic (exact) mass is 399 g/mol. The molecule has 4 heteroatoms. The zero-order chi connectivity index (χ0) is 20.8. The molecule has 2 fully saturated rings. The van der Waals surface area contributed by atoms with Crippen molar-refractivity contribution in [1.29, 1.82) is 10.5 Å². The molecule has 0 radical (unpaired) electrons. The quantitative estimate of drug-likeness (QED) is 0.594. The highest BCUT2D eigenvalue weighted by Crippen LogP contribution is 2.46. The zero-order valence-electron chi connectivity index (χ0n) is 17.6. The summed E-state index contributed by atoms with van der Waals surface area (Å²) >= 11 is 0. The van der Waals surface area contributed by atoms with Crippen LogP contribution in [-0.2, 0) is 4.74 Å². The van der Waals surface area contributed by atoms with Gasteiger partial charge in [0.05, 0.1) is 6.61 Å². The summed E-state index contributed by atoms with van der Waals surface area (Å²) in [6.07, 6.45) is 15.1. The SMILES string of the molecule is N#CC(C#N)=C1C=C(/C=C/c2ccc(N3CCCCC3)cc2)OCC2(CCCC2)C1. The summed E-state index contributed by atoms with van der Waals surface area (Å²) in [5, 5.41) is 18.8. The maximum atomic E-state index is 9.41. The minimum atomic E-state index is 0.0659. The Kier molecular flexibility index (Phi) is 6.24. The number of anilines is 1. The summed E-state index contributed by atoms with van der Waals surface area (Å²) in [4.78, 5) is 2.46. The average molecular weight is 400 g/mol. The van der Waals surface area contributed by atoms with E-state index in [0.717, 1.165) is 49.2 Å². The van der Waals surface area contributed by atoms with Crippen LogP contribution in [0.2, 0.25) is 0 Å². The molecule has 0 unspecified atom stereocenters. The smallest absolute Gasteiger partial charge is 0.133 e. The predicted octanol–water partition coefficient (Wildman–Crippen LogP) is 5.90. The van der Waals surface area contributed by atoms with Crippen LogP contribution >= 0.6 is 0 Å². The van der Waals surface area contributed by atoms with Crippen molar-refractivity contribution >= 4 is 11.8 Å². The largest absolute Gasteiger partial charge is 0.493 e. The molecule has 1 saturated heterocycles. The molecule has 4 rings (SSSR count). The Morgan fingerprint density at radius 1 is 0.933 bits per heavy atom. The molecule has 0 bridgehead atoms. The normalized spacial score (nSPS) is 20.9. The number of hydrogen-bond donors (Lipinski definition) is 0. The topological polar surface area (TPSA) is 60.0 Å². The molecule has 30 heavy (non-hydrogen) atoms. The number of hydrogen-bond acceptors (Lipinski definition) is 4. The van der Waals surface area contributed by atoms with Crippen LogP contribution in [0.4, 0.5) is 5.69 Å². The van der Waals surface area contributed by atoms with E-state index in [1.165, 1.54) is 37.8 Å². The maximum Gasteiger partial charge on any atom is 0.133 e. The second kappa shape index (κ2) is 9.23. The number of allylic oxidation sites excluding steroid dienone is 4. The van der Waals surface area contributed by atoms with Crippen LogP contribution in [-0.4, -0.2) is 19.7 Å². The Bertz CT molecular complexity index is 912. The van der Waals surface area contributed by atoms with E-state index in [0.29, 0.717) is 6.61 Å². The third kappa shape index (κ3) is 4.60. The Balaban J connectivity index is 1.52. The Morgan fingerprint density at radius 3 is 2.30 bits per heavy atom. The molecule has 2 heterocycles. The van der Waals surface area contributed by atoms with Gasteiger partial charge in [-0.15, -0.1) is 0 Å². The third-order valence-corrected chi connectivity index (χ3v) is 6.69. The number of nitriles is 2. The Morgan fingerprint density at radius 2 is 1.63 bits per heavy atom. The van der Waals surface area contributed by atoms with Crippen molar-refractivity contribution in [3.63, 3.8) is 0 Å². The first-order valence-corrected chi connectivity index (χ1v) is 11.1. The van der Waals surface area contributed by atoms with Crippen molar-refractivity contribution < 1.29 is 4.74 Å². The van der Waals surface area contributed by atoms with Gasteiger partial charge in [0.1, 0.15) is 23.5 Å². The van der Waals surface area contributed by atoms with E-state index in [-0.39, 0.29) is 11.0 Å². The van der Waals surface area contributed by atoms with E-state index in [2.05, 4.69) is 47.4 Å². The van der Waals surface area contributed by atoms with Gasteiger partial charge in [0.25, 0.3) is 0 Å². The highest BCUT2D eigenvalue weighted by Gasteiger charge is 2.37. The summed E-state index contributed by atoms with van der Waals surface area (Å²) in [5.74, 6) is 0.733. The minimum Gasteiger partial charge on any atom is -0.493 e. The van der Waals surface area contributed by atoms with Gasteiger partial charge in [0.2, 0.25) is 0 Å². The molecule has 4 nitrogen and oxygen atoms in total. The van der Waals surface area contributed by atoms with Crippen molar-refractivity contribution in [1.82, 2.24) is 0 Å². The molecule has 1 aromatic carbocycles. The molecule has 1 aliphatic carbocycles. The van der Waals surface area contributed by atoms with Gasteiger partial charge in [-0.1, -0.05) is 31.1 Å². The Hall–Kier alpha value is -2.98. The molecule has 154 valence electrons. The van der Waals surface area contributed by atoms with Gasteiger partial charge < -0.3 is 9.64 Å². The number of benzene rings is 1. The van der Waals surface area contributed by atoms with Crippen LogP contribution in [0.3, 0.4) is 0 Å². The van der Waals surface area contributed by atoms with Crippen LogP contribution in [0.25, 0.3) is 6.08 Å². The molecule has 0 amide bonds. The average Bonchev–Trinajstić information content (AvgIpc) is 3.17. The second-order valence-electron chi connectivity index (χ2n) is 8.82. The standard InChI is InChI=1S/C26H29N3O/c27-18-23(19-28)22-16-25(30-20-26(17-22)12-2-3-13-26)11-8-21-6-9-24(10-7-21)29-14-4-1-5-15-29/h6-11,16H,1-5,12-15,17,20H2/b11-8+. The van der Waals surface area contributed by atoms with Crippen molar-refractivity contribution in [3.05, 3.63) is 58.9 Å². The fraction of sp³-hybridized carbons (Fsp3) is 0.462. The van der Waals surface area contributed by atoms with Gasteiger partial charge in [0.15, 0.2) is 0 Å². The van der Waals surface area contributed by atoms with Crippen molar-refractivity contribution in [2.24, 2.45) is 5.41 Å². The van der Waals surface area contributed by atoms with Crippen molar-refractivity contribution in [3.8, 4) is 12.1 Å². The van der Waals surface area contributed by atoms with Crippen LogP contribution in [0.15, 0.2) is 53.3 Å². The first-order valence-electron chi connectivity index (χ1n) is 11.1. The predicted molar refractivity (Wildman–Crippen MR) is 119 cm³/mol. The molecule has 0 atom stereocenters. The molecule has 1 aromatic rings. The fourth-order valence-corrected chi connectivity index (χ4v) is 4.95. The van der Waals surface area contributed by atoms with Crippen molar-refractivity contribution in [2.45, 2.75) is 51.4 Å². The van der Waals surface area contributed by atoms with E-state index >= 15 is 0 Å². The van der Waals surface area contributed by atoms with E-state index in [1.807, 2.05) is 12.2 Å². The summed E-state index contributed by atoms with van der Waals surface area (Å²) < 4.78 is 6.16. The first kappa shape index (κ1) is 20.3. The molecule has 2 aliphatic heterocycles. The van der Waals surface area contributed by atoms with Gasteiger partial charge in [0, 0.05) is 24.2 Å². The van der Waals surface area contributed by atoms with Gasteiger partial charge in [-0.2, -0.15) is 10.5 Å². The van der Waals surface area contributed by atoms with Gasteiger partial charge in [-0.25, -0.2) is 0 Å². The number of piperidine rings is 1. The minimum absolute atomic E-state index is 0.0659.